The van der Waals surface area contributed by atoms with Crippen molar-refractivity contribution in [2.75, 3.05) is 47.3 Å². The Bertz CT molecular complexity index is 504. The Morgan fingerprint density at radius 3 is 2.60 bits per heavy atom. The molecule has 0 aromatic heterocycles. The molecule has 142 valence electrons. The number of benzene rings is 1. The van der Waals surface area contributed by atoms with Gasteiger partial charge >= 0.3 is 0 Å². The number of guanidine groups is 1. The molecule has 1 saturated heterocycles. The third-order valence-corrected chi connectivity index (χ3v) is 5.06. The van der Waals surface area contributed by atoms with E-state index in [0.29, 0.717) is 11.8 Å². The van der Waals surface area contributed by atoms with Crippen LogP contribution in [-0.4, -0.2) is 63.1 Å². The summed E-state index contributed by atoms with van der Waals surface area (Å²) in [7, 11) is 6.14. The first kappa shape index (κ1) is 22.2. The maximum atomic E-state index is 4.51. The van der Waals surface area contributed by atoms with E-state index in [2.05, 4.69) is 71.5 Å². The number of hydrogen-bond acceptors (Lipinski definition) is 2. The summed E-state index contributed by atoms with van der Waals surface area (Å²) < 4.78 is 0. The highest BCUT2D eigenvalue weighted by Crippen LogP contribution is 2.34. The summed E-state index contributed by atoms with van der Waals surface area (Å²) >= 11 is 0. The Hall–Kier alpha value is -0.820. The molecule has 1 N–H and O–H groups in total. The second-order valence-electron chi connectivity index (χ2n) is 7.05. The first-order chi connectivity index (χ1) is 11.7. The molecule has 0 radical (unpaired) electrons. The normalized spacial score (nSPS) is 21.2. The zero-order valence-corrected chi connectivity index (χ0v) is 18.6. The molecule has 0 bridgehead atoms. The van der Waals surface area contributed by atoms with E-state index >= 15 is 0 Å². The van der Waals surface area contributed by atoms with Crippen molar-refractivity contribution < 1.29 is 0 Å². The van der Waals surface area contributed by atoms with Gasteiger partial charge < -0.3 is 15.1 Å². The van der Waals surface area contributed by atoms with E-state index in [-0.39, 0.29) is 24.0 Å². The van der Waals surface area contributed by atoms with Gasteiger partial charge in [-0.2, -0.15) is 0 Å². The summed E-state index contributed by atoms with van der Waals surface area (Å²) in [4.78, 5) is 9.19. The fourth-order valence-electron chi connectivity index (χ4n) is 3.71. The first-order valence-corrected chi connectivity index (χ1v) is 9.31. The Morgan fingerprint density at radius 2 is 2.00 bits per heavy atom. The van der Waals surface area contributed by atoms with Crippen LogP contribution >= 0.6 is 24.0 Å². The van der Waals surface area contributed by atoms with E-state index in [1.54, 1.807) is 0 Å². The van der Waals surface area contributed by atoms with Crippen LogP contribution in [0.3, 0.4) is 0 Å². The molecule has 0 aliphatic carbocycles. The van der Waals surface area contributed by atoms with Gasteiger partial charge in [-0.1, -0.05) is 43.7 Å². The molecule has 1 aromatic carbocycles. The van der Waals surface area contributed by atoms with Gasteiger partial charge in [0.1, 0.15) is 0 Å². The number of aliphatic imine (C=N–C) groups is 1. The number of likely N-dealkylation sites (tertiary alicyclic amines) is 1. The van der Waals surface area contributed by atoms with Gasteiger partial charge in [0.2, 0.25) is 0 Å². The molecule has 0 saturated carbocycles. The predicted molar refractivity (Wildman–Crippen MR) is 119 cm³/mol. The Kier molecular flexibility index (Phi) is 10.4. The minimum Gasteiger partial charge on any atom is -0.356 e. The number of nitrogens with one attached hydrogen (secondary N) is 1. The van der Waals surface area contributed by atoms with Crippen LogP contribution in [0.2, 0.25) is 0 Å². The topological polar surface area (TPSA) is 30.9 Å². The summed E-state index contributed by atoms with van der Waals surface area (Å²) in [5, 5.41) is 3.54. The van der Waals surface area contributed by atoms with Gasteiger partial charge in [0, 0.05) is 26.7 Å². The van der Waals surface area contributed by atoms with Crippen molar-refractivity contribution in [3.05, 3.63) is 35.9 Å². The van der Waals surface area contributed by atoms with Crippen LogP contribution in [0, 0.1) is 5.92 Å². The van der Waals surface area contributed by atoms with E-state index in [1.165, 1.54) is 18.4 Å². The van der Waals surface area contributed by atoms with Crippen molar-refractivity contribution in [3.63, 3.8) is 0 Å². The lowest BCUT2D eigenvalue weighted by Gasteiger charge is -2.40. The number of hydrogen-bond donors (Lipinski definition) is 1. The number of halogens is 1. The van der Waals surface area contributed by atoms with Gasteiger partial charge in [0.05, 0.1) is 0 Å². The molecule has 0 amide bonds. The standard InChI is InChI=1S/C20H34N4.HI/c1-5-17-16-24(20(21-2)22-13-9-14-23(3)4)15-12-19(17)18-10-7-6-8-11-18;/h6-8,10-11,17,19H,5,9,12-16H2,1-4H3,(H,21,22);1H. The zero-order valence-electron chi connectivity index (χ0n) is 16.2. The molecule has 2 unspecified atom stereocenters. The van der Waals surface area contributed by atoms with Gasteiger partial charge in [0.15, 0.2) is 5.96 Å². The van der Waals surface area contributed by atoms with Gasteiger partial charge in [0.25, 0.3) is 0 Å². The molecule has 5 heteroatoms. The molecular weight excluding hydrogens is 423 g/mol. The monoisotopic (exact) mass is 458 g/mol. The first-order valence-electron chi connectivity index (χ1n) is 9.31. The zero-order chi connectivity index (χ0) is 17.4. The Labute approximate surface area is 171 Å². The fraction of sp³-hybridized carbons (Fsp3) is 0.650. The number of piperidine rings is 1. The summed E-state index contributed by atoms with van der Waals surface area (Å²) in [6.45, 7) is 6.60. The number of rotatable bonds is 6. The maximum Gasteiger partial charge on any atom is 0.193 e. The van der Waals surface area contributed by atoms with Crippen molar-refractivity contribution in [1.82, 2.24) is 15.1 Å². The van der Waals surface area contributed by atoms with Crippen molar-refractivity contribution in [3.8, 4) is 0 Å². The van der Waals surface area contributed by atoms with Gasteiger partial charge in [-0.25, -0.2) is 0 Å². The fourth-order valence-corrected chi connectivity index (χ4v) is 3.71. The average molecular weight is 458 g/mol. The van der Waals surface area contributed by atoms with E-state index < -0.39 is 0 Å². The highest BCUT2D eigenvalue weighted by Gasteiger charge is 2.30. The number of nitrogens with zero attached hydrogens (tertiary/aromatic N) is 3. The van der Waals surface area contributed by atoms with Crippen LogP contribution in [0.1, 0.15) is 37.7 Å². The minimum atomic E-state index is 0. The molecule has 1 heterocycles. The molecule has 2 atom stereocenters. The van der Waals surface area contributed by atoms with Crippen LogP contribution in [-0.2, 0) is 0 Å². The van der Waals surface area contributed by atoms with Gasteiger partial charge in [-0.05, 0) is 50.9 Å². The molecule has 4 nitrogen and oxygen atoms in total. The van der Waals surface area contributed by atoms with E-state index in [4.69, 9.17) is 0 Å². The third-order valence-electron chi connectivity index (χ3n) is 5.06. The molecule has 1 fully saturated rings. The Morgan fingerprint density at radius 1 is 1.28 bits per heavy atom. The molecule has 0 spiro atoms. The predicted octanol–water partition coefficient (Wildman–Crippen LogP) is 3.65. The second kappa shape index (κ2) is 11.7. The van der Waals surface area contributed by atoms with Crippen LogP contribution in [0.25, 0.3) is 0 Å². The molecule has 1 aliphatic heterocycles. The minimum absolute atomic E-state index is 0. The molecular formula is C20H35IN4. The van der Waals surface area contributed by atoms with Crippen molar-refractivity contribution >= 4 is 29.9 Å². The third kappa shape index (κ3) is 6.77. The molecule has 2 rings (SSSR count). The lowest BCUT2D eigenvalue weighted by atomic mass is 9.79. The highest BCUT2D eigenvalue weighted by atomic mass is 127. The summed E-state index contributed by atoms with van der Waals surface area (Å²) in [6, 6.07) is 11.0. The smallest absolute Gasteiger partial charge is 0.193 e. The lowest BCUT2D eigenvalue weighted by Crippen LogP contribution is -2.48. The molecule has 1 aromatic rings. The SMILES string of the molecule is CCC1CN(C(=NC)NCCCN(C)C)CCC1c1ccccc1.I. The second-order valence-corrected chi connectivity index (χ2v) is 7.05. The molecule has 25 heavy (non-hydrogen) atoms. The van der Waals surface area contributed by atoms with Gasteiger partial charge in [-0.3, -0.25) is 4.99 Å². The lowest BCUT2D eigenvalue weighted by molar-refractivity contribution is 0.215. The molecule has 1 aliphatic rings. The summed E-state index contributed by atoms with van der Waals surface area (Å²) in [5.41, 5.74) is 1.50. The van der Waals surface area contributed by atoms with Crippen LogP contribution in [0.5, 0.6) is 0 Å². The van der Waals surface area contributed by atoms with Crippen LogP contribution < -0.4 is 5.32 Å². The van der Waals surface area contributed by atoms with Crippen molar-refractivity contribution in [1.29, 1.82) is 0 Å². The van der Waals surface area contributed by atoms with E-state index in [0.717, 1.165) is 38.6 Å². The Balaban J connectivity index is 0.00000312. The van der Waals surface area contributed by atoms with E-state index in [9.17, 15) is 0 Å². The van der Waals surface area contributed by atoms with Crippen LogP contribution in [0.4, 0.5) is 0 Å². The van der Waals surface area contributed by atoms with Crippen molar-refractivity contribution in [2.24, 2.45) is 10.9 Å². The highest BCUT2D eigenvalue weighted by molar-refractivity contribution is 14.0. The summed E-state index contributed by atoms with van der Waals surface area (Å²) in [6.07, 6.45) is 3.57. The summed E-state index contributed by atoms with van der Waals surface area (Å²) in [5.74, 6) is 2.44. The van der Waals surface area contributed by atoms with E-state index in [1.807, 2.05) is 7.05 Å². The average Bonchev–Trinajstić information content (AvgIpc) is 2.62. The van der Waals surface area contributed by atoms with Gasteiger partial charge in [-0.15, -0.1) is 24.0 Å². The van der Waals surface area contributed by atoms with Crippen LogP contribution in [0.15, 0.2) is 35.3 Å². The quantitative estimate of drug-likeness (QED) is 0.306. The largest absolute Gasteiger partial charge is 0.356 e. The van der Waals surface area contributed by atoms with Crippen molar-refractivity contribution in [2.45, 2.75) is 32.1 Å². The maximum absolute atomic E-state index is 4.51.